The minimum Gasteiger partial charge on any atom is -0.480 e. The van der Waals surface area contributed by atoms with Gasteiger partial charge in [-0.2, -0.15) is 0 Å². The predicted octanol–water partition coefficient (Wildman–Crippen LogP) is 2.81. The second kappa shape index (κ2) is 14.0. The summed E-state index contributed by atoms with van der Waals surface area (Å²) in [6, 6.07) is 12.5. The first kappa shape index (κ1) is 30.6. The third kappa shape index (κ3) is 7.27. The fourth-order valence-corrected chi connectivity index (χ4v) is 5.30. The fourth-order valence-electron chi connectivity index (χ4n) is 5.30. The highest BCUT2D eigenvalue weighted by atomic mass is 16.4. The molecule has 0 bridgehead atoms. The molecule has 1 aliphatic heterocycles. The average Bonchev–Trinajstić information content (AvgIpc) is 3.43. The number of nitrogens with zero attached hydrogens (tertiary/aromatic N) is 2. The lowest BCUT2D eigenvalue weighted by Crippen LogP contribution is -2.58. The minimum atomic E-state index is -1.14. The molecular weight excluding hydrogens is 536 g/mol. The van der Waals surface area contributed by atoms with Crippen LogP contribution in [-0.4, -0.2) is 88.5 Å². The van der Waals surface area contributed by atoms with E-state index in [2.05, 4.69) is 15.6 Å². The number of nitrogens with two attached hydrogens (primary N) is 1. The summed E-state index contributed by atoms with van der Waals surface area (Å²) in [6.45, 7) is 5.55. The molecule has 1 fully saturated rings. The molecule has 0 radical (unpaired) electrons. The molecule has 42 heavy (non-hydrogen) atoms. The number of aromatic amines is 1. The lowest BCUT2D eigenvalue weighted by Gasteiger charge is -2.36. The number of aromatic nitrogens is 1. The molecule has 3 atom stereocenters. The van der Waals surface area contributed by atoms with Gasteiger partial charge in [0, 0.05) is 54.8 Å². The highest BCUT2D eigenvalue weighted by Crippen LogP contribution is 2.28. The van der Waals surface area contributed by atoms with Gasteiger partial charge in [0.2, 0.25) is 5.91 Å². The Morgan fingerprint density at radius 1 is 0.952 bits per heavy atom. The van der Waals surface area contributed by atoms with Gasteiger partial charge in [0.25, 0.3) is 5.91 Å². The number of carboxylic acid groups (broad SMARTS) is 1. The number of H-pyrrole nitrogens is 1. The van der Waals surface area contributed by atoms with Gasteiger partial charge in [-0.3, -0.25) is 9.59 Å². The number of carboxylic acids is 1. The Morgan fingerprint density at radius 3 is 2.29 bits per heavy atom. The molecule has 224 valence electrons. The van der Waals surface area contributed by atoms with Crippen LogP contribution < -0.4 is 16.4 Å². The number of para-hydroxylation sites is 1. The van der Waals surface area contributed by atoms with Gasteiger partial charge in [-0.05, 0) is 56.5 Å². The standard InChI is InChI=1S/C31H40N6O5/c1-20-10-12-22(13-11-20)29(39)36-15-17-37(18-16-36)31(42)35-27(28(38)34-26(30(40)41)9-5-6-14-32)21(2)24-19-33-25-8-4-3-7-23(24)25/h3-4,7-8,10-13,19,21,26-27,33H,5-6,9,14-18,32H2,1-2H3,(H,34,38)(H,35,42)(H,40,41). The topological polar surface area (TPSA) is 161 Å². The quantitative estimate of drug-likeness (QED) is 0.221. The van der Waals surface area contributed by atoms with Crippen molar-refractivity contribution in [3.05, 3.63) is 71.4 Å². The first-order valence-corrected chi connectivity index (χ1v) is 14.4. The van der Waals surface area contributed by atoms with Crippen molar-refractivity contribution >= 4 is 34.7 Å². The molecule has 6 N–H and O–H groups in total. The number of fused-ring (bicyclic) bond motifs is 1. The van der Waals surface area contributed by atoms with Crippen molar-refractivity contribution in [1.82, 2.24) is 25.4 Å². The van der Waals surface area contributed by atoms with Gasteiger partial charge in [-0.15, -0.1) is 0 Å². The molecule has 11 heteroatoms. The number of piperazine rings is 1. The summed E-state index contributed by atoms with van der Waals surface area (Å²) in [4.78, 5) is 58.4. The molecule has 0 saturated carbocycles. The highest BCUT2D eigenvalue weighted by Gasteiger charge is 2.34. The van der Waals surface area contributed by atoms with E-state index in [4.69, 9.17) is 5.73 Å². The van der Waals surface area contributed by atoms with E-state index in [1.54, 1.807) is 21.9 Å². The van der Waals surface area contributed by atoms with Crippen LogP contribution in [0.3, 0.4) is 0 Å². The number of rotatable bonds is 11. The Labute approximate surface area is 245 Å². The van der Waals surface area contributed by atoms with E-state index in [0.29, 0.717) is 51.1 Å². The van der Waals surface area contributed by atoms with Crippen molar-refractivity contribution in [3.63, 3.8) is 0 Å². The summed E-state index contributed by atoms with van der Waals surface area (Å²) in [7, 11) is 0. The van der Waals surface area contributed by atoms with Crippen LogP contribution in [0, 0.1) is 6.92 Å². The molecule has 0 spiro atoms. The van der Waals surface area contributed by atoms with Crippen molar-refractivity contribution < 1.29 is 24.3 Å². The van der Waals surface area contributed by atoms with E-state index in [-0.39, 0.29) is 12.3 Å². The van der Waals surface area contributed by atoms with E-state index < -0.39 is 35.9 Å². The molecule has 1 saturated heterocycles. The van der Waals surface area contributed by atoms with Crippen molar-refractivity contribution in [3.8, 4) is 0 Å². The van der Waals surface area contributed by atoms with Crippen molar-refractivity contribution in [2.45, 2.75) is 51.1 Å². The van der Waals surface area contributed by atoms with Crippen LogP contribution in [0.2, 0.25) is 0 Å². The number of aryl methyl sites for hydroxylation is 1. The van der Waals surface area contributed by atoms with Crippen LogP contribution in [0.15, 0.2) is 54.7 Å². The maximum atomic E-state index is 13.6. The Balaban J connectivity index is 1.48. The number of unbranched alkanes of at least 4 members (excludes halogenated alkanes) is 1. The van der Waals surface area contributed by atoms with E-state index in [9.17, 15) is 24.3 Å². The minimum absolute atomic E-state index is 0.0883. The summed E-state index contributed by atoms with van der Waals surface area (Å²) >= 11 is 0. The van der Waals surface area contributed by atoms with Gasteiger partial charge >= 0.3 is 12.0 Å². The molecule has 2 heterocycles. The Bertz CT molecular complexity index is 1400. The maximum absolute atomic E-state index is 13.6. The molecule has 2 aromatic carbocycles. The van der Waals surface area contributed by atoms with Crippen LogP contribution >= 0.6 is 0 Å². The van der Waals surface area contributed by atoms with E-state index in [1.165, 1.54) is 0 Å². The fraction of sp³-hybridized carbons (Fsp3) is 0.419. The largest absolute Gasteiger partial charge is 0.480 e. The van der Waals surface area contributed by atoms with Gasteiger partial charge in [0.05, 0.1) is 0 Å². The lowest BCUT2D eigenvalue weighted by atomic mass is 9.92. The SMILES string of the molecule is Cc1ccc(C(=O)N2CCN(C(=O)NC(C(=O)NC(CCCCN)C(=O)O)C(C)c3c[nH]c4ccccc34)CC2)cc1. The third-order valence-electron chi connectivity index (χ3n) is 7.89. The van der Waals surface area contributed by atoms with Crippen LogP contribution in [-0.2, 0) is 9.59 Å². The molecular formula is C31H40N6O5. The third-order valence-corrected chi connectivity index (χ3v) is 7.89. The van der Waals surface area contributed by atoms with Gasteiger partial charge in [-0.1, -0.05) is 42.8 Å². The molecule has 3 aromatic rings. The zero-order valence-electron chi connectivity index (χ0n) is 24.1. The maximum Gasteiger partial charge on any atom is 0.326 e. The van der Waals surface area contributed by atoms with Crippen LogP contribution in [0.5, 0.6) is 0 Å². The van der Waals surface area contributed by atoms with E-state index in [1.807, 2.05) is 56.4 Å². The number of benzene rings is 2. The highest BCUT2D eigenvalue weighted by molar-refractivity contribution is 5.95. The lowest BCUT2D eigenvalue weighted by molar-refractivity contribution is -0.142. The number of carbonyl (C=O) groups is 4. The predicted molar refractivity (Wildman–Crippen MR) is 160 cm³/mol. The van der Waals surface area contributed by atoms with Crippen molar-refractivity contribution in [2.75, 3.05) is 32.7 Å². The summed E-state index contributed by atoms with van der Waals surface area (Å²) < 4.78 is 0. The van der Waals surface area contributed by atoms with Gasteiger partial charge in [0.15, 0.2) is 0 Å². The monoisotopic (exact) mass is 576 g/mol. The molecule has 1 aliphatic rings. The van der Waals surface area contributed by atoms with Gasteiger partial charge in [0.1, 0.15) is 12.1 Å². The van der Waals surface area contributed by atoms with Crippen LogP contribution in [0.25, 0.3) is 10.9 Å². The van der Waals surface area contributed by atoms with Crippen LogP contribution in [0.4, 0.5) is 4.79 Å². The Morgan fingerprint density at radius 2 is 1.62 bits per heavy atom. The molecule has 3 unspecified atom stereocenters. The normalized spacial score (nSPS) is 15.6. The summed E-state index contributed by atoms with van der Waals surface area (Å²) in [5.41, 5.74) is 8.94. The first-order valence-electron chi connectivity index (χ1n) is 14.4. The summed E-state index contributed by atoms with van der Waals surface area (Å²) in [5.74, 6) is -2.28. The van der Waals surface area contributed by atoms with Crippen molar-refractivity contribution in [2.24, 2.45) is 5.73 Å². The number of urea groups is 1. The second-order valence-electron chi connectivity index (χ2n) is 10.8. The number of hydrogen-bond donors (Lipinski definition) is 5. The number of carbonyl (C=O) groups excluding carboxylic acids is 3. The zero-order valence-corrected chi connectivity index (χ0v) is 24.1. The summed E-state index contributed by atoms with van der Waals surface area (Å²) in [6.07, 6.45) is 3.24. The average molecular weight is 577 g/mol. The number of aliphatic carboxylic acids is 1. The number of hydrogen-bond acceptors (Lipinski definition) is 5. The molecule has 4 rings (SSSR count). The smallest absolute Gasteiger partial charge is 0.326 e. The van der Waals surface area contributed by atoms with E-state index in [0.717, 1.165) is 22.0 Å². The van der Waals surface area contributed by atoms with Gasteiger partial charge < -0.3 is 36.3 Å². The second-order valence-corrected chi connectivity index (χ2v) is 10.8. The number of amides is 4. The Hall–Kier alpha value is -4.38. The molecule has 11 nitrogen and oxygen atoms in total. The molecule has 4 amide bonds. The number of nitrogens with one attached hydrogen (secondary N) is 3. The molecule has 1 aromatic heterocycles. The summed E-state index contributed by atoms with van der Waals surface area (Å²) in [5, 5.41) is 16.2. The van der Waals surface area contributed by atoms with E-state index >= 15 is 0 Å². The van der Waals surface area contributed by atoms with Crippen molar-refractivity contribution in [1.29, 1.82) is 0 Å². The zero-order chi connectivity index (χ0) is 30.2. The van der Waals surface area contributed by atoms with Gasteiger partial charge in [-0.25, -0.2) is 9.59 Å². The first-order chi connectivity index (χ1) is 20.2. The Kier molecular flexibility index (Phi) is 10.2. The van der Waals surface area contributed by atoms with Crippen LogP contribution in [0.1, 0.15) is 53.6 Å². The molecule has 0 aliphatic carbocycles.